The molecule has 2 atom stereocenters. The van der Waals surface area contributed by atoms with Crippen LogP contribution in [0.15, 0.2) is 48.5 Å². The van der Waals surface area contributed by atoms with E-state index >= 15 is 0 Å². The molecule has 2 unspecified atom stereocenters. The lowest BCUT2D eigenvalue weighted by Gasteiger charge is -2.40. The van der Waals surface area contributed by atoms with E-state index < -0.39 is 0 Å². The Kier molecular flexibility index (Phi) is 4.71. The molecule has 0 aliphatic carbocycles. The van der Waals surface area contributed by atoms with Gasteiger partial charge in [-0.3, -0.25) is 4.79 Å². The minimum atomic E-state index is -0.264. The molecule has 3 rings (SSSR count). The lowest BCUT2D eigenvalue weighted by molar-refractivity contribution is -0.118. The molecule has 0 saturated heterocycles. The summed E-state index contributed by atoms with van der Waals surface area (Å²) in [6.45, 7) is 5.21. The van der Waals surface area contributed by atoms with Crippen LogP contribution < -0.4 is 15.4 Å². The number of hydrogen-bond donors (Lipinski definition) is 1. The second kappa shape index (κ2) is 6.79. The van der Waals surface area contributed by atoms with Gasteiger partial charge in [0.05, 0.1) is 7.11 Å². The Morgan fingerprint density at radius 1 is 1.24 bits per heavy atom. The zero-order chi connectivity index (χ0) is 18.0. The van der Waals surface area contributed by atoms with E-state index in [4.69, 9.17) is 10.5 Å². The summed E-state index contributed by atoms with van der Waals surface area (Å²) in [7, 11) is 1.67. The summed E-state index contributed by atoms with van der Waals surface area (Å²) in [6, 6.07) is 16.6. The van der Waals surface area contributed by atoms with Gasteiger partial charge in [0, 0.05) is 30.1 Å². The first-order chi connectivity index (χ1) is 12.0. The van der Waals surface area contributed by atoms with E-state index in [0.29, 0.717) is 6.42 Å². The number of carbonyl (C=O) groups excluding carboxylic acids is 1. The number of ether oxygens (including phenoxy) is 1. The van der Waals surface area contributed by atoms with Crippen LogP contribution in [-0.2, 0) is 11.3 Å². The normalized spacial score (nSPS) is 21.9. The summed E-state index contributed by atoms with van der Waals surface area (Å²) in [6.07, 6.45) is 1.27. The highest BCUT2D eigenvalue weighted by Gasteiger charge is 2.47. The second-order valence-electron chi connectivity index (χ2n) is 6.93. The molecule has 132 valence electrons. The number of carbonyl (C=O) groups is 1. The van der Waals surface area contributed by atoms with Gasteiger partial charge in [-0.25, -0.2) is 0 Å². The number of fused-ring (bicyclic) bond motifs is 1. The van der Waals surface area contributed by atoms with Gasteiger partial charge in [0.25, 0.3) is 0 Å². The Morgan fingerprint density at radius 3 is 2.56 bits per heavy atom. The molecule has 25 heavy (non-hydrogen) atoms. The lowest BCUT2D eigenvalue weighted by Crippen LogP contribution is -2.46. The highest BCUT2D eigenvalue weighted by molar-refractivity contribution is 5.78. The smallest absolute Gasteiger partial charge is 0.218 e. The van der Waals surface area contributed by atoms with E-state index in [1.807, 2.05) is 12.1 Å². The fourth-order valence-electron chi connectivity index (χ4n) is 3.98. The minimum absolute atomic E-state index is 0.0591. The molecule has 1 amide bonds. The molecule has 0 fully saturated rings. The first-order valence-corrected chi connectivity index (χ1v) is 8.77. The van der Waals surface area contributed by atoms with Crippen molar-refractivity contribution in [3.63, 3.8) is 0 Å². The van der Waals surface area contributed by atoms with Gasteiger partial charge in [-0.05, 0) is 42.7 Å². The van der Waals surface area contributed by atoms with E-state index in [1.165, 1.54) is 11.3 Å². The van der Waals surface area contributed by atoms with Crippen molar-refractivity contribution in [1.29, 1.82) is 0 Å². The zero-order valence-corrected chi connectivity index (χ0v) is 15.2. The summed E-state index contributed by atoms with van der Waals surface area (Å²) < 4.78 is 5.41. The maximum Gasteiger partial charge on any atom is 0.218 e. The zero-order valence-electron chi connectivity index (χ0n) is 15.2. The summed E-state index contributed by atoms with van der Waals surface area (Å²) in [4.78, 5) is 14.2. The molecular weight excluding hydrogens is 312 g/mol. The summed E-state index contributed by atoms with van der Waals surface area (Å²) >= 11 is 0. The molecule has 0 radical (unpaired) electrons. The average Bonchev–Trinajstić information content (AvgIpc) is 2.84. The van der Waals surface area contributed by atoms with Gasteiger partial charge in [0.15, 0.2) is 0 Å². The third-order valence-electron chi connectivity index (χ3n) is 5.57. The van der Waals surface area contributed by atoms with Crippen LogP contribution in [0.5, 0.6) is 5.75 Å². The van der Waals surface area contributed by atoms with E-state index in [0.717, 1.165) is 24.3 Å². The van der Waals surface area contributed by atoms with Crippen LogP contribution in [-0.4, -0.2) is 18.6 Å². The standard InChI is InChI=1S/C21H26N2O2/c1-4-21(2)18(13-20(22)24)17-12-16(25-3)10-11-19(17)23(21)14-15-8-6-5-7-9-15/h5-12,18H,4,13-14H2,1-3H3,(H2,22,24). The van der Waals surface area contributed by atoms with Crippen LogP contribution in [0.25, 0.3) is 0 Å². The Labute approximate surface area is 149 Å². The third kappa shape index (κ3) is 3.09. The molecule has 2 aromatic rings. The number of primary amides is 1. The quantitative estimate of drug-likeness (QED) is 0.870. The molecular formula is C21H26N2O2. The molecule has 0 saturated carbocycles. The summed E-state index contributed by atoms with van der Waals surface area (Å²) in [5, 5.41) is 0. The van der Waals surface area contributed by atoms with Gasteiger partial charge in [-0.1, -0.05) is 37.3 Å². The van der Waals surface area contributed by atoms with Crippen LogP contribution in [0.2, 0.25) is 0 Å². The van der Waals surface area contributed by atoms with Crippen molar-refractivity contribution >= 4 is 11.6 Å². The van der Waals surface area contributed by atoms with E-state index in [-0.39, 0.29) is 17.4 Å². The van der Waals surface area contributed by atoms with Crippen LogP contribution in [0, 0.1) is 0 Å². The van der Waals surface area contributed by atoms with E-state index in [2.05, 4.69) is 55.1 Å². The molecule has 0 spiro atoms. The molecule has 1 aliphatic rings. The third-order valence-corrected chi connectivity index (χ3v) is 5.57. The SMILES string of the molecule is CCC1(C)C(CC(N)=O)c2cc(OC)ccc2N1Cc1ccccc1. The molecule has 1 heterocycles. The Hall–Kier alpha value is -2.49. The number of benzene rings is 2. The van der Waals surface area contributed by atoms with E-state index in [9.17, 15) is 4.79 Å². The van der Waals surface area contributed by atoms with Gasteiger partial charge >= 0.3 is 0 Å². The number of nitrogens with zero attached hydrogens (tertiary/aromatic N) is 1. The molecule has 1 aliphatic heterocycles. The monoisotopic (exact) mass is 338 g/mol. The van der Waals surface area contributed by atoms with Crippen molar-refractivity contribution in [2.45, 2.75) is 44.7 Å². The van der Waals surface area contributed by atoms with Gasteiger partial charge in [0.1, 0.15) is 5.75 Å². The maximum atomic E-state index is 11.8. The van der Waals surface area contributed by atoms with Crippen molar-refractivity contribution in [2.24, 2.45) is 5.73 Å². The summed E-state index contributed by atoms with van der Waals surface area (Å²) in [5.74, 6) is 0.608. The highest BCUT2D eigenvalue weighted by atomic mass is 16.5. The number of nitrogens with two attached hydrogens (primary N) is 1. The Bertz CT molecular complexity index is 760. The molecule has 0 bridgehead atoms. The van der Waals surface area contributed by atoms with Gasteiger partial charge in [-0.15, -0.1) is 0 Å². The molecule has 4 heteroatoms. The van der Waals surface area contributed by atoms with Crippen molar-refractivity contribution in [1.82, 2.24) is 0 Å². The number of amides is 1. The number of anilines is 1. The molecule has 4 nitrogen and oxygen atoms in total. The van der Waals surface area contributed by atoms with Gasteiger partial charge in [-0.2, -0.15) is 0 Å². The van der Waals surface area contributed by atoms with E-state index in [1.54, 1.807) is 7.11 Å². The number of rotatable bonds is 6. The topological polar surface area (TPSA) is 55.6 Å². The van der Waals surface area contributed by atoms with Gasteiger partial charge < -0.3 is 15.4 Å². The predicted octanol–water partition coefficient (Wildman–Crippen LogP) is 3.84. The number of methoxy groups -OCH3 is 1. The Morgan fingerprint density at radius 2 is 1.96 bits per heavy atom. The Balaban J connectivity index is 2.08. The highest BCUT2D eigenvalue weighted by Crippen LogP contribution is 2.52. The fraction of sp³-hybridized carbons (Fsp3) is 0.381. The summed E-state index contributed by atoms with van der Waals surface area (Å²) in [5.41, 5.74) is 8.99. The maximum absolute atomic E-state index is 11.8. The first kappa shape index (κ1) is 17.3. The van der Waals surface area contributed by atoms with Crippen LogP contribution in [0.3, 0.4) is 0 Å². The first-order valence-electron chi connectivity index (χ1n) is 8.77. The van der Waals surface area contributed by atoms with Crippen LogP contribution in [0.1, 0.15) is 43.7 Å². The van der Waals surface area contributed by atoms with Crippen LogP contribution >= 0.6 is 0 Å². The second-order valence-corrected chi connectivity index (χ2v) is 6.93. The molecule has 2 N–H and O–H groups in total. The van der Waals surface area contributed by atoms with Gasteiger partial charge in [0.2, 0.25) is 5.91 Å². The molecule has 2 aromatic carbocycles. The number of hydrogen-bond acceptors (Lipinski definition) is 3. The molecule has 0 aromatic heterocycles. The van der Waals surface area contributed by atoms with Crippen molar-refractivity contribution < 1.29 is 9.53 Å². The van der Waals surface area contributed by atoms with Crippen molar-refractivity contribution in [3.05, 3.63) is 59.7 Å². The largest absolute Gasteiger partial charge is 0.497 e. The van der Waals surface area contributed by atoms with Crippen molar-refractivity contribution in [2.75, 3.05) is 12.0 Å². The van der Waals surface area contributed by atoms with Crippen molar-refractivity contribution in [3.8, 4) is 5.75 Å². The lowest BCUT2D eigenvalue weighted by atomic mass is 9.79. The van der Waals surface area contributed by atoms with Crippen LogP contribution in [0.4, 0.5) is 5.69 Å². The average molecular weight is 338 g/mol. The minimum Gasteiger partial charge on any atom is -0.497 e. The predicted molar refractivity (Wildman–Crippen MR) is 101 cm³/mol. The fourth-order valence-corrected chi connectivity index (χ4v) is 3.98.